The first-order valence-corrected chi connectivity index (χ1v) is 13.3. The number of ether oxygens (including phenoxy) is 2. The van der Waals surface area contributed by atoms with E-state index in [1.54, 1.807) is 42.6 Å². The molecule has 1 unspecified atom stereocenters. The lowest BCUT2D eigenvalue weighted by atomic mass is 9.91. The van der Waals surface area contributed by atoms with Crippen LogP contribution in [-0.2, 0) is 21.9 Å². The van der Waals surface area contributed by atoms with E-state index < -0.39 is 21.1 Å². The Morgan fingerprint density at radius 1 is 1.06 bits per heavy atom. The summed E-state index contributed by atoms with van der Waals surface area (Å²) in [6.07, 6.45) is 1.75. The van der Waals surface area contributed by atoms with Gasteiger partial charge in [0.05, 0.1) is 5.92 Å². The van der Waals surface area contributed by atoms with Crippen molar-refractivity contribution in [3.63, 3.8) is 0 Å². The number of anilines is 1. The summed E-state index contributed by atoms with van der Waals surface area (Å²) in [4.78, 5) is 13.8. The Morgan fingerprint density at radius 3 is 2.46 bits per heavy atom. The van der Waals surface area contributed by atoms with E-state index in [4.69, 9.17) is 21.1 Å². The third-order valence-electron chi connectivity index (χ3n) is 5.90. The van der Waals surface area contributed by atoms with E-state index in [9.17, 15) is 13.2 Å². The van der Waals surface area contributed by atoms with Gasteiger partial charge in [0.25, 0.3) is 15.1 Å². The van der Waals surface area contributed by atoms with E-state index in [0.717, 1.165) is 20.9 Å². The average molecular weight is 576 g/mol. The summed E-state index contributed by atoms with van der Waals surface area (Å²) in [5.41, 5.74) is 2.90. The lowest BCUT2D eigenvalue weighted by Crippen LogP contribution is -2.29. The molecule has 5 rings (SSSR count). The van der Waals surface area contributed by atoms with Gasteiger partial charge < -0.3 is 14.0 Å². The maximum absolute atomic E-state index is 13.8. The van der Waals surface area contributed by atoms with Crippen LogP contribution in [0.2, 0.25) is 5.02 Å². The Balaban J connectivity index is 1.68. The predicted molar refractivity (Wildman–Crippen MR) is 139 cm³/mol. The molecule has 1 atom stereocenters. The largest absolute Gasteiger partial charge is 0.454 e. The van der Waals surface area contributed by atoms with E-state index in [0.29, 0.717) is 28.3 Å². The lowest BCUT2D eigenvalue weighted by molar-refractivity contribution is -0.112. The number of rotatable bonds is 5. The summed E-state index contributed by atoms with van der Waals surface area (Å²) in [6, 6.07) is 15.4. The second-order valence-electron chi connectivity index (χ2n) is 8.31. The van der Waals surface area contributed by atoms with E-state index in [1.807, 2.05) is 36.7 Å². The highest BCUT2D eigenvalue weighted by atomic mass is 79.9. The number of benzene rings is 3. The molecule has 1 N–H and O–H groups in total. The molecule has 35 heavy (non-hydrogen) atoms. The Bertz CT molecular complexity index is 1580. The van der Waals surface area contributed by atoms with Crippen LogP contribution in [0.25, 0.3) is 10.9 Å². The number of aryl methyl sites for hydroxylation is 2. The molecule has 4 aromatic rings. The van der Waals surface area contributed by atoms with E-state index in [-0.39, 0.29) is 11.8 Å². The number of halogens is 2. The summed E-state index contributed by atoms with van der Waals surface area (Å²) in [6.45, 7) is 1.91. The number of carbonyl (C=O) groups excluding carboxylic acids is 1. The van der Waals surface area contributed by atoms with Crippen molar-refractivity contribution in [2.24, 2.45) is 7.05 Å². The molecule has 0 saturated heterocycles. The van der Waals surface area contributed by atoms with E-state index in [1.165, 1.54) is 0 Å². The second kappa shape index (κ2) is 8.89. The maximum atomic E-state index is 13.8. The Hall–Kier alpha value is -3.01. The van der Waals surface area contributed by atoms with Crippen LogP contribution in [0.4, 0.5) is 5.69 Å². The highest BCUT2D eigenvalue weighted by Crippen LogP contribution is 2.44. The number of carbonyl (C=O) groups is 1. The minimum atomic E-state index is -4.46. The first-order chi connectivity index (χ1) is 16.6. The van der Waals surface area contributed by atoms with Crippen molar-refractivity contribution in [1.82, 2.24) is 4.57 Å². The summed E-state index contributed by atoms with van der Waals surface area (Å²) in [5.74, 6) is -0.383. The maximum Gasteiger partial charge on any atom is 0.296 e. The highest BCUT2D eigenvalue weighted by molar-refractivity contribution is 9.10. The Kier molecular flexibility index (Phi) is 6.03. The first-order valence-electron chi connectivity index (χ1n) is 10.6. The van der Waals surface area contributed by atoms with Gasteiger partial charge in [0.15, 0.2) is 11.5 Å². The van der Waals surface area contributed by atoms with Crippen LogP contribution in [0.15, 0.2) is 65.3 Å². The number of fused-ring (bicyclic) bond motifs is 2. The summed E-state index contributed by atoms with van der Waals surface area (Å²) in [5, 5.41) is -0.102. The fourth-order valence-electron chi connectivity index (χ4n) is 4.18. The van der Waals surface area contributed by atoms with Crippen molar-refractivity contribution < 1.29 is 22.7 Å². The molecule has 0 spiro atoms. The third kappa shape index (κ3) is 4.39. The van der Waals surface area contributed by atoms with Gasteiger partial charge in [-0.15, -0.1) is 0 Å². The number of sulfonamides is 1. The third-order valence-corrected chi connectivity index (χ3v) is 7.99. The normalized spacial score (nSPS) is 13.7. The van der Waals surface area contributed by atoms with Gasteiger partial charge in [0.2, 0.25) is 6.79 Å². The van der Waals surface area contributed by atoms with Gasteiger partial charge in [0, 0.05) is 45.4 Å². The van der Waals surface area contributed by atoms with Gasteiger partial charge in [-0.05, 0) is 48.4 Å². The quantitative estimate of drug-likeness (QED) is 0.328. The van der Waals surface area contributed by atoms with Gasteiger partial charge in [-0.3, -0.25) is 9.52 Å². The topological polar surface area (TPSA) is 86.6 Å². The molecule has 7 nitrogen and oxygen atoms in total. The van der Waals surface area contributed by atoms with Gasteiger partial charge in [-0.1, -0.05) is 51.3 Å². The molecular formula is C25H20BrClN2O5S. The molecule has 0 fully saturated rings. The predicted octanol–water partition coefficient (Wildman–Crippen LogP) is 5.73. The monoisotopic (exact) mass is 574 g/mol. The number of hydrogen-bond acceptors (Lipinski definition) is 5. The fourth-order valence-corrected chi connectivity index (χ4v) is 5.90. The van der Waals surface area contributed by atoms with Crippen LogP contribution in [0.3, 0.4) is 0 Å². The summed E-state index contributed by atoms with van der Waals surface area (Å²) >= 11 is 10.1. The molecule has 3 aromatic carbocycles. The standard InChI is InChI=1S/C25H20BrClN2O5S/c1-14-3-6-16(7-4-14)28-35(31,32)25(30)24(18-10-22-23(11-20(18)27)34-13-33-22)19-12-29(2)21-9-15(26)5-8-17(19)21/h3-12,24,28H,13H2,1-2H3. The minimum absolute atomic E-state index is 0.0172. The smallest absolute Gasteiger partial charge is 0.296 e. The molecule has 0 saturated carbocycles. The molecule has 0 amide bonds. The zero-order valence-corrected chi connectivity index (χ0v) is 21.9. The molecule has 0 bridgehead atoms. The number of aromatic nitrogens is 1. The summed E-state index contributed by atoms with van der Waals surface area (Å²) in [7, 11) is -2.62. The number of hydrogen-bond donors (Lipinski definition) is 1. The molecule has 10 heteroatoms. The fraction of sp³-hybridized carbons (Fsp3) is 0.160. The molecular weight excluding hydrogens is 556 g/mol. The van der Waals surface area contributed by atoms with Crippen LogP contribution in [0, 0.1) is 6.92 Å². The SMILES string of the molecule is Cc1ccc(NS(=O)(=O)C(=O)C(c2cc3c(cc2Cl)OCO3)c2cn(C)c3cc(Br)ccc23)cc1. The van der Waals surface area contributed by atoms with Crippen molar-refractivity contribution in [2.75, 3.05) is 11.5 Å². The van der Waals surface area contributed by atoms with Crippen molar-refractivity contribution in [1.29, 1.82) is 0 Å². The van der Waals surface area contributed by atoms with Gasteiger partial charge in [-0.25, -0.2) is 0 Å². The highest BCUT2D eigenvalue weighted by Gasteiger charge is 2.37. The lowest BCUT2D eigenvalue weighted by Gasteiger charge is -2.19. The molecule has 0 radical (unpaired) electrons. The zero-order valence-electron chi connectivity index (χ0n) is 18.7. The molecule has 1 aliphatic rings. The van der Waals surface area contributed by atoms with Crippen molar-refractivity contribution in [3.05, 3.63) is 87.0 Å². The van der Waals surface area contributed by atoms with E-state index in [2.05, 4.69) is 20.7 Å². The molecule has 0 aliphatic carbocycles. The number of nitrogens with one attached hydrogen (secondary N) is 1. The first kappa shape index (κ1) is 23.7. The molecule has 1 aromatic heterocycles. The Morgan fingerprint density at radius 2 is 1.74 bits per heavy atom. The van der Waals surface area contributed by atoms with Crippen LogP contribution in [0.1, 0.15) is 22.6 Å². The number of nitrogens with zero attached hydrogens (tertiary/aromatic N) is 1. The van der Waals surface area contributed by atoms with Crippen molar-refractivity contribution >= 4 is 59.3 Å². The van der Waals surface area contributed by atoms with Gasteiger partial charge >= 0.3 is 0 Å². The van der Waals surface area contributed by atoms with Crippen LogP contribution >= 0.6 is 27.5 Å². The second-order valence-corrected chi connectivity index (χ2v) is 11.2. The van der Waals surface area contributed by atoms with Crippen LogP contribution < -0.4 is 14.2 Å². The minimum Gasteiger partial charge on any atom is -0.454 e. The van der Waals surface area contributed by atoms with Crippen LogP contribution in [0.5, 0.6) is 11.5 Å². The van der Waals surface area contributed by atoms with E-state index >= 15 is 0 Å². The molecule has 2 heterocycles. The average Bonchev–Trinajstić information content (AvgIpc) is 3.39. The Labute approximate surface area is 215 Å². The molecule has 180 valence electrons. The zero-order chi connectivity index (χ0) is 24.9. The molecule has 1 aliphatic heterocycles. The summed E-state index contributed by atoms with van der Waals surface area (Å²) < 4.78 is 42.7. The van der Waals surface area contributed by atoms with Crippen LogP contribution in [-0.4, -0.2) is 24.9 Å². The van der Waals surface area contributed by atoms with Gasteiger partial charge in [-0.2, -0.15) is 8.42 Å². The van der Waals surface area contributed by atoms with Gasteiger partial charge in [0.1, 0.15) is 0 Å². The van der Waals surface area contributed by atoms with Crippen molar-refractivity contribution in [3.8, 4) is 11.5 Å². The van der Waals surface area contributed by atoms with Crippen molar-refractivity contribution in [2.45, 2.75) is 12.8 Å².